The van der Waals surface area contributed by atoms with Gasteiger partial charge in [0.2, 0.25) is 6.23 Å². The van der Waals surface area contributed by atoms with Crippen molar-refractivity contribution in [1.29, 1.82) is 0 Å². The normalized spacial score (nSPS) is 17.2. The minimum Gasteiger partial charge on any atom is -0.434 e. The second-order valence-corrected chi connectivity index (χ2v) is 4.46. The molecule has 3 rings (SSSR count). The van der Waals surface area contributed by atoms with Crippen LogP contribution in [0.2, 0.25) is 5.02 Å². The lowest BCUT2D eigenvalue weighted by Gasteiger charge is -2.14. The first-order valence-corrected chi connectivity index (χ1v) is 5.94. The number of benzene rings is 2. The number of ether oxygens (including phenoxy) is 1. The number of esters is 1. The molecule has 1 unspecified atom stereocenters. The van der Waals surface area contributed by atoms with Crippen LogP contribution in [0.5, 0.6) is 0 Å². The van der Waals surface area contributed by atoms with Crippen LogP contribution in [0.25, 0.3) is 0 Å². The van der Waals surface area contributed by atoms with E-state index in [1.165, 1.54) is 0 Å². The average Bonchev–Trinajstić information content (AvgIpc) is 2.70. The van der Waals surface area contributed by atoms with Crippen LogP contribution in [0.15, 0.2) is 48.5 Å². The molecule has 0 aromatic heterocycles. The highest BCUT2D eigenvalue weighted by Gasteiger charge is 2.30. The smallest absolute Gasteiger partial charge is 0.340 e. The highest BCUT2D eigenvalue weighted by molar-refractivity contribution is 6.30. The molecule has 0 saturated carbocycles. The van der Waals surface area contributed by atoms with E-state index in [1.807, 2.05) is 30.3 Å². The topological polar surface area (TPSA) is 38.3 Å². The highest BCUT2D eigenvalue weighted by Crippen LogP contribution is 2.31. The van der Waals surface area contributed by atoms with E-state index in [2.05, 4.69) is 5.32 Å². The summed E-state index contributed by atoms with van der Waals surface area (Å²) in [5, 5.41) is 3.82. The molecule has 0 fully saturated rings. The Balaban J connectivity index is 1.87. The summed E-state index contributed by atoms with van der Waals surface area (Å²) >= 11 is 5.82. The van der Waals surface area contributed by atoms with E-state index in [0.29, 0.717) is 10.6 Å². The van der Waals surface area contributed by atoms with Crippen molar-refractivity contribution in [2.24, 2.45) is 0 Å². The molecule has 0 spiro atoms. The maximum atomic E-state index is 11.6. The summed E-state index contributed by atoms with van der Waals surface area (Å²) in [4.78, 5) is 11.6. The van der Waals surface area contributed by atoms with Gasteiger partial charge in [-0.25, -0.2) is 4.79 Å². The Labute approximate surface area is 109 Å². The molecule has 0 saturated heterocycles. The van der Waals surface area contributed by atoms with Gasteiger partial charge in [0.1, 0.15) is 0 Å². The predicted octanol–water partition coefficient (Wildman–Crippen LogP) is 3.62. The van der Waals surface area contributed by atoms with E-state index in [-0.39, 0.29) is 5.97 Å². The van der Waals surface area contributed by atoms with E-state index in [9.17, 15) is 4.79 Å². The fourth-order valence-electron chi connectivity index (χ4n) is 1.95. The van der Waals surface area contributed by atoms with Crippen molar-refractivity contribution in [1.82, 2.24) is 0 Å². The fraction of sp³-hybridized carbons (Fsp3) is 0.0714. The number of hydrogen-bond acceptors (Lipinski definition) is 3. The Kier molecular flexibility index (Phi) is 2.68. The van der Waals surface area contributed by atoms with Crippen LogP contribution in [0.3, 0.4) is 0 Å². The number of cyclic esters (lactones) is 1. The quantitative estimate of drug-likeness (QED) is 0.837. The van der Waals surface area contributed by atoms with Gasteiger partial charge in [0.05, 0.1) is 5.56 Å². The molecule has 2 aromatic carbocycles. The second kappa shape index (κ2) is 4.35. The zero-order chi connectivity index (χ0) is 12.5. The summed E-state index contributed by atoms with van der Waals surface area (Å²) in [6.45, 7) is 0. The van der Waals surface area contributed by atoms with E-state index in [1.54, 1.807) is 18.2 Å². The number of hydrogen-bond donors (Lipinski definition) is 1. The zero-order valence-corrected chi connectivity index (χ0v) is 10.1. The summed E-state index contributed by atoms with van der Waals surface area (Å²) < 4.78 is 5.28. The minimum absolute atomic E-state index is 0.294. The maximum Gasteiger partial charge on any atom is 0.340 e. The monoisotopic (exact) mass is 259 g/mol. The number of halogens is 1. The first-order chi connectivity index (χ1) is 8.74. The standard InChI is InChI=1S/C14H10ClNO2/c15-9-5-7-10(8-6-9)16-13-11-3-1-2-4-12(11)14(17)18-13/h1-8,13,16H. The van der Waals surface area contributed by atoms with Gasteiger partial charge in [-0.05, 0) is 30.3 Å². The lowest BCUT2D eigenvalue weighted by atomic mass is 10.1. The Morgan fingerprint density at radius 1 is 1.06 bits per heavy atom. The number of carbonyl (C=O) groups excluding carboxylic acids is 1. The van der Waals surface area contributed by atoms with Crippen LogP contribution in [0.4, 0.5) is 5.69 Å². The van der Waals surface area contributed by atoms with Crippen molar-refractivity contribution in [3.05, 3.63) is 64.7 Å². The second-order valence-electron chi connectivity index (χ2n) is 4.02. The first kappa shape index (κ1) is 11.1. The van der Waals surface area contributed by atoms with Gasteiger partial charge in [0.15, 0.2) is 0 Å². The molecule has 1 N–H and O–H groups in total. The molecule has 3 nitrogen and oxygen atoms in total. The first-order valence-electron chi connectivity index (χ1n) is 5.56. The Bertz CT molecular complexity index is 595. The molecule has 0 amide bonds. The number of nitrogens with one attached hydrogen (secondary N) is 1. The molecule has 0 aliphatic carbocycles. The van der Waals surface area contributed by atoms with E-state index >= 15 is 0 Å². The summed E-state index contributed by atoms with van der Waals surface area (Å²) in [5.41, 5.74) is 2.33. The number of carbonyl (C=O) groups is 1. The van der Waals surface area contributed by atoms with Crippen molar-refractivity contribution in [2.75, 3.05) is 5.32 Å². The van der Waals surface area contributed by atoms with Gasteiger partial charge in [-0.2, -0.15) is 0 Å². The third-order valence-corrected chi connectivity index (χ3v) is 3.08. The van der Waals surface area contributed by atoms with E-state index < -0.39 is 6.23 Å². The van der Waals surface area contributed by atoms with Gasteiger partial charge in [-0.3, -0.25) is 0 Å². The summed E-state index contributed by atoms with van der Waals surface area (Å²) in [7, 11) is 0. The zero-order valence-electron chi connectivity index (χ0n) is 9.39. The molecule has 1 aliphatic rings. The molecular weight excluding hydrogens is 250 g/mol. The lowest BCUT2D eigenvalue weighted by molar-refractivity contribution is 0.0437. The van der Waals surface area contributed by atoms with Crippen LogP contribution in [-0.4, -0.2) is 5.97 Å². The van der Waals surface area contributed by atoms with Crippen molar-refractivity contribution in [3.63, 3.8) is 0 Å². The molecule has 0 bridgehead atoms. The van der Waals surface area contributed by atoms with E-state index in [0.717, 1.165) is 11.3 Å². The lowest BCUT2D eigenvalue weighted by Crippen LogP contribution is -2.10. The molecule has 2 aromatic rings. The number of rotatable bonds is 2. The minimum atomic E-state index is -0.435. The Hall–Kier alpha value is -2.00. The third-order valence-electron chi connectivity index (χ3n) is 2.83. The Morgan fingerprint density at radius 2 is 1.78 bits per heavy atom. The van der Waals surface area contributed by atoms with Crippen LogP contribution in [0, 0.1) is 0 Å². The molecule has 18 heavy (non-hydrogen) atoms. The number of anilines is 1. The van der Waals surface area contributed by atoms with Gasteiger partial charge >= 0.3 is 5.97 Å². The molecule has 90 valence electrons. The van der Waals surface area contributed by atoms with Gasteiger partial charge in [0, 0.05) is 16.3 Å². The summed E-state index contributed by atoms with van der Waals surface area (Å²) in [6.07, 6.45) is -0.435. The van der Waals surface area contributed by atoms with Crippen molar-refractivity contribution in [3.8, 4) is 0 Å². The van der Waals surface area contributed by atoms with Crippen molar-refractivity contribution in [2.45, 2.75) is 6.23 Å². The predicted molar refractivity (Wildman–Crippen MR) is 69.7 cm³/mol. The molecular formula is C14H10ClNO2. The third kappa shape index (κ3) is 1.93. The largest absolute Gasteiger partial charge is 0.434 e. The molecule has 1 heterocycles. The van der Waals surface area contributed by atoms with E-state index in [4.69, 9.17) is 16.3 Å². The van der Waals surface area contributed by atoms with Gasteiger partial charge < -0.3 is 10.1 Å². The summed E-state index contributed by atoms with van der Waals surface area (Å²) in [6, 6.07) is 14.6. The van der Waals surface area contributed by atoms with Crippen LogP contribution >= 0.6 is 11.6 Å². The molecule has 4 heteroatoms. The molecule has 1 aliphatic heterocycles. The van der Waals surface area contributed by atoms with Crippen LogP contribution in [-0.2, 0) is 4.74 Å². The summed E-state index contributed by atoms with van der Waals surface area (Å²) in [5.74, 6) is -0.294. The van der Waals surface area contributed by atoms with Crippen LogP contribution < -0.4 is 5.32 Å². The SMILES string of the molecule is O=C1OC(Nc2ccc(Cl)cc2)c2ccccc21. The average molecular weight is 260 g/mol. The van der Waals surface area contributed by atoms with Gasteiger partial charge in [-0.15, -0.1) is 0 Å². The van der Waals surface area contributed by atoms with Crippen molar-refractivity contribution < 1.29 is 9.53 Å². The van der Waals surface area contributed by atoms with Crippen LogP contribution in [0.1, 0.15) is 22.1 Å². The molecule has 1 atom stereocenters. The number of fused-ring (bicyclic) bond motifs is 1. The van der Waals surface area contributed by atoms with Gasteiger partial charge in [0.25, 0.3) is 0 Å². The van der Waals surface area contributed by atoms with Gasteiger partial charge in [-0.1, -0.05) is 29.8 Å². The van der Waals surface area contributed by atoms with Crippen molar-refractivity contribution >= 4 is 23.3 Å². The highest BCUT2D eigenvalue weighted by atomic mass is 35.5. The Morgan fingerprint density at radius 3 is 2.56 bits per heavy atom. The maximum absolute atomic E-state index is 11.6. The fourth-order valence-corrected chi connectivity index (χ4v) is 2.08. The molecule has 0 radical (unpaired) electrons.